The summed E-state index contributed by atoms with van der Waals surface area (Å²) in [4.78, 5) is 22.9. The van der Waals surface area contributed by atoms with Crippen molar-refractivity contribution in [2.45, 2.75) is 19.3 Å². The van der Waals surface area contributed by atoms with Crippen molar-refractivity contribution in [2.75, 3.05) is 31.1 Å². The van der Waals surface area contributed by atoms with Crippen LogP contribution >= 0.6 is 0 Å². The van der Waals surface area contributed by atoms with Crippen molar-refractivity contribution in [3.63, 3.8) is 0 Å². The van der Waals surface area contributed by atoms with Gasteiger partial charge < -0.3 is 15.0 Å². The van der Waals surface area contributed by atoms with Crippen molar-refractivity contribution >= 4 is 11.7 Å². The van der Waals surface area contributed by atoms with E-state index in [0.717, 1.165) is 43.9 Å². The molecule has 1 aromatic carbocycles. The first-order valence-corrected chi connectivity index (χ1v) is 8.79. The second-order valence-electron chi connectivity index (χ2n) is 6.13. The Morgan fingerprint density at radius 2 is 2.00 bits per heavy atom. The highest BCUT2D eigenvalue weighted by Crippen LogP contribution is 2.21. The largest absolute Gasteiger partial charge is 0.494 e. The summed E-state index contributed by atoms with van der Waals surface area (Å²) in [5, 5.41) is 3.03. The van der Waals surface area contributed by atoms with E-state index in [4.69, 9.17) is 4.74 Å². The maximum atomic E-state index is 12.3. The molecule has 1 aromatic heterocycles. The van der Waals surface area contributed by atoms with Crippen LogP contribution in [-0.2, 0) is 4.79 Å². The van der Waals surface area contributed by atoms with Crippen LogP contribution in [-0.4, -0.2) is 42.1 Å². The van der Waals surface area contributed by atoms with E-state index in [1.54, 1.807) is 18.6 Å². The Hall–Kier alpha value is -2.63. The van der Waals surface area contributed by atoms with Crippen molar-refractivity contribution in [3.05, 3.63) is 48.9 Å². The molecule has 1 aliphatic heterocycles. The monoisotopic (exact) mass is 340 g/mol. The van der Waals surface area contributed by atoms with Gasteiger partial charge in [-0.05, 0) is 31.4 Å². The fourth-order valence-electron chi connectivity index (χ4n) is 2.96. The Morgan fingerprint density at radius 3 is 2.72 bits per heavy atom. The fraction of sp³-hybridized carbons (Fsp3) is 0.421. The van der Waals surface area contributed by atoms with Crippen molar-refractivity contribution in [2.24, 2.45) is 5.92 Å². The first-order chi connectivity index (χ1) is 12.3. The molecule has 0 spiro atoms. The van der Waals surface area contributed by atoms with Crippen LogP contribution in [0.1, 0.15) is 19.3 Å². The molecule has 1 fully saturated rings. The molecule has 0 unspecified atom stereocenters. The van der Waals surface area contributed by atoms with Gasteiger partial charge in [0, 0.05) is 37.9 Å². The molecule has 6 nitrogen and oxygen atoms in total. The average Bonchev–Trinajstić information content (AvgIpc) is 2.69. The first-order valence-electron chi connectivity index (χ1n) is 8.79. The molecule has 1 N–H and O–H groups in total. The third kappa shape index (κ3) is 5.17. The molecule has 1 saturated heterocycles. The number of piperidine rings is 1. The topological polar surface area (TPSA) is 67.3 Å². The van der Waals surface area contributed by atoms with E-state index in [1.165, 1.54) is 0 Å². The highest BCUT2D eigenvalue weighted by molar-refractivity contribution is 5.78. The zero-order chi connectivity index (χ0) is 17.3. The molecule has 6 heteroatoms. The molecule has 2 aromatic rings. The maximum Gasteiger partial charge on any atom is 0.223 e. The van der Waals surface area contributed by atoms with Gasteiger partial charge in [-0.3, -0.25) is 9.78 Å². The van der Waals surface area contributed by atoms with Crippen LogP contribution in [0, 0.1) is 5.92 Å². The number of aromatic nitrogens is 2. The summed E-state index contributed by atoms with van der Waals surface area (Å²) in [6.07, 6.45) is 7.65. The van der Waals surface area contributed by atoms with Crippen LogP contribution in [0.3, 0.4) is 0 Å². The lowest BCUT2D eigenvalue weighted by molar-refractivity contribution is -0.125. The lowest BCUT2D eigenvalue weighted by Gasteiger charge is -2.31. The number of carbonyl (C=O) groups is 1. The minimum Gasteiger partial charge on any atom is -0.494 e. The molecule has 0 bridgehead atoms. The number of benzene rings is 1. The molecule has 0 saturated carbocycles. The van der Waals surface area contributed by atoms with E-state index >= 15 is 0 Å². The molecule has 25 heavy (non-hydrogen) atoms. The van der Waals surface area contributed by atoms with Crippen LogP contribution in [0.15, 0.2) is 48.9 Å². The van der Waals surface area contributed by atoms with E-state index in [0.29, 0.717) is 13.2 Å². The second kappa shape index (κ2) is 9.01. The van der Waals surface area contributed by atoms with Gasteiger partial charge in [0.15, 0.2) is 0 Å². The zero-order valence-corrected chi connectivity index (χ0v) is 14.3. The molecular weight excluding hydrogens is 316 g/mol. The van der Waals surface area contributed by atoms with E-state index in [9.17, 15) is 4.79 Å². The summed E-state index contributed by atoms with van der Waals surface area (Å²) in [7, 11) is 0. The molecule has 3 rings (SSSR count). The molecule has 2 heterocycles. The quantitative estimate of drug-likeness (QED) is 0.783. The molecular formula is C19H24N4O2. The molecule has 1 amide bonds. The standard InChI is InChI=1S/C19H24N4O2/c24-19(22-9-4-14-25-17-5-2-1-3-6-17)16-7-12-23(13-8-16)18-15-20-10-11-21-18/h1-3,5-6,10-11,15-16H,4,7-9,12-14H2,(H,22,24). The van der Waals surface area contributed by atoms with Gasteiger partial charge in [-0.25, -0.2) is 4.98 Å². The molecule has 1 aliphatic rings. The van der Waals surface area contributed by atoms with Gasteiger partial charge in [-0.1, -0.05) is 18.2 Å². The Bertz CT molecular complexity index is 643. The minimum atomic E-state index is 0.0861. The lowest BCUT2D eigenvalue weighted by Crippen LogP contribution is -2.41. The van der Waals surface area contributed by atoms with Gasteiger partial charge in [0.1, 0.15) is 11.6 Å². The van der Waals surface area contributed by atoms with E-state index in [1.807, 2.05) is 30.3 Å². The summed E-state index contributed by atoms with van der Waals surface area (Å²) in [5.41, 5.74) is 0. The van der Waals surface area contributed by atoms with Crippen molar-refractivity contribution in [3.8, 4) is 5.75 Å². The third-order valence-corrected chi connectivity index (χ3v) is 4.37. The normalized spacial score (nSPS) is 15.0. The summed E-state index contributed by atoms with van der Waals surface area (Å²) < 4.78 is 5.63. The number of nitrogens with zero attached hydrogens (tertiary/aromatic N) is 3. The van der Waals surface area contributed by atoms with Crippen molar-refractivity contribution in [1.82, 2.24) is 15.3 Å². The Balaban J connectivity index is 1.31. The van der Waals surface area contributed by atoms with Crippen LogP contribution in [0.5, 0.6) is 5.75 Å². The summed E-state index contributed by atoms with van der Waals surface area (Å²) >= 11 is 0. The average molecular weight is 340 g/mol. The molecule has 0 aliphatic carbocycles. The number of para-hydroxylation sites is 1. The summed E-state index contributed by atoms with van der Waals surface area (Å²) in [5.74, 6) is 1.99. The Morgan fingerprint density at radius 1 is 1.20 bits per heavy atom. The summed E-state index contributed by atoms with van der Waals surface area (Å²) in [6, 6.07) is 9.73. The third-order valence-electron chi connectivity index (χ3n) is 4.37. The van der Waals surface area contributed by atoms with Crippen molar-refractivity contribution < 1.29 is 9.53 Å². The van der Waals surface area contributed by atoms with Crippen LogP contribution in [0.25, 0.3) is 0 Å². The smallest absolute Gasteiger partial charge is 0.223 e. The van der Waals surface area contributed by atoms with Gasteiger partial charge in [-0.2, -0.15) is 0 Å². The molecule has 0 radical (unpaired) electrons. The predicted octanol–water partition coefficient (Wildman–Crippen LogP) is 2.28. The first kappa shape index (κ1) is 17.2. The van der Waals surface area contributed by atoms with E-state index < -0.39 is 0 Å². The number of anilines is 1. The highest BCUT2D eigenvalue weighted by atomic mass is 16.5. The lowest BCUT2D eigenvalue weighted by atomic mass is 9.96. The van der Waals surface area contributed by atoms with Crippen LogP contribution < -0.4 is 15.0 Å². The number of amides is 1. The summed E-state index contributed by atoms with van der Waals surface area (Å²) in [6.45, 7) is 2.94. The Labute approximate surface area is 148 Å². The van der Waals surface area contributed by atoms with Crippen LogP contribution in [0.4, 0.5) is 5.82 Å². The van der Waals surface area contributed by atoms with E-state index in [2.05, 4.69) is 20.2 Å². The van der Waals surface area contributed by atoms with Gasteiger partial charge in [0.05, 0.1) is 12.8 Å². The molecule has 132 valence electrons. The van der Waals surface area contributed by atoms with Gasteiger partial charge in [0.25, 0.3) is 0 Å². The highest BCUT2D eigenvalue weighted by Gasteiger charge is 2.25. The van der Waals surface area contributed by atoms with Gasteiger partial charge in [-0.15, -0.1) is 0 Å². The number of nitrogens with one attached hydrogen (secondary N) is 1. The predicted molar refractivity (Wildman–Crippen MR) is 96.5 cm³/mol. The Kier molecular flexibility index (Phi) is 6.20. The van der Waals surface area contributed by atoms with Crippen molar-refractivity contribution in [1.29, 1.82) is 0 Å². The zero-order valence-electron chi connectivity index (χ0n) is 14.3. The molecule has 0 atom stereocenters. The fourth-order valence-corrected chi connectivity index (χ4v) is 2.96. The number of ether oxygens (including phenoxy) is 1. The maximum absolute atomic E-state index is 12.3. The van der Waals surface area contributed by atoms with Gasteiger partial charge in [0.2, 0.25) is 5.91 Å². The number of carbonyl (C=O) groups excluding carboxylic acids is 1. The van der Waals surface area contributed by atoms with Gasteiger partial charge >= 0.3 is 0 Å². The number of rotatable bonds is 7. The minimum absolute atomic E-state index is 0.0861. The second-order valence-corrected chi connectivity index (χ2v) is 6.13. The number of hydrogen-bond acceptors (Lipinski definition) is 5. The van der Waals surface area contributed by atoms with E-state index in [-0.39, 0.29) is 11.8 Å². The van der Waals surface area contributed by atoms with Crippen LogP contribution in [0.2, 0.25) is 0 Å². The number of hydrogen-bond donors (Lipinski definition) is 1. The SMILES string of the molecule is O=C(NCCCOc1ccccc1)C1CCN(c2cnccn2)CC1.